The Morgan fingerprint density at radius 1 is 1.29 bits per heavy atom. The van der Waals surface area contributed by atoms with Crippen molar-refractivity contribution in [1.29, 1.82) is 0 Å². The number of rotatable bonds is 4. The third-order valence-corrected chi connectivity index (χ3v) is 2.58. The fourth-order valence-corrected chi connectivity index (χ4v) is 1.68. The number of Topliss-reactive ketones (excluding diaryl/α,β-unsaturated/α-hetero) is 1. The second-order valence-corrected chi connectivity index (χ2v) is 3.92. The van der Waals surface area contributed by atoms with Crippen molar-refractivity contribution in [2.45, 2.75) is 39.5 Å². The van der Waals surface area contributed by atoms with E-state index >= 15 is 0 Å². The van der Waals surface area contributed by atoms with Crippen molar-refractivity contribution in [3.63, 3.8) is 0 Å². The van der Waals surface area contributed by atoms with Crippen LogP contribution >= 0.6 is 0 Å². The van der Waals surface area contributed by atoms with Crippen LogP contribution in [0.15, 0.2) is 24.3 Å². The van der Waals surface area contributed by atoms with Gasteiger partial charge in [-0.15, -0.1) is 0 Å². The molecule has 0 aliphatic heterocycles. The van der Waals surface area contributed by atoms with Crippen LogP contribution in [0.2, 0.25) is 0 Å². The van der Waals surface area contributed by atoms with Gasteiger partial charge in [-0.1, -0.05) is 36.8 Å². The summed E-state index contributed by atoms with van der Waals surface area (Å²) in [6.07, 6.45) is 1.70. The number of aryl methyl sites for hydroxylation is 1. The molecule has 0 aliphatic carbocycles. The molecular formula is C13H18O. The predicted octanol–water partition coefficient (Wildman–Crippen LogP) is 3.47. The van der Waals surface area contributed by atoms with Crippen LogP contribution < -0.4 is 0 Å². The highest BCUT2D eigenvalue weighted by Crippen LogP contribution is 2.23. The molecule has 0 amide bonds. The van der Waals surface area contributed by atoms with E-state index in [1.807, 2.05) is 0 Å². The standard InChI is InChI=1S/C13H18O/c1-4-12(9-11(3)14)13-7-5-10(2)6-8-13/h5-8,12H,4,9H2,1-3H3/t12-/m1/s1. The Morgan fingerprint density at radius 2 is 1.86 bits per heavy atom. The summed E-state index contributed by atoms with van der Waals surface area (Å²) in [6.45, 7) is 5.88. The van der Waals surface area contributed by atoms with Gasteiger partial charge in [-0.3, -0.25) is 0 Å². The van der Waals surface area contributed by atoms with E-state index in [2.05, 4.69) is 38.1 Å². The Kier molecular flexibility index (Phi) is 3.87. The van der Waals surface area contributed by atoms with Crippen molar-refractivity contribution in [3.8, 4) is 0 Å². The van der Waals surface area contributed by atoms with Gasteiger partial charge in [0.2, 0.25) is 0 Å². The number of hydrogen-bond donors (Lipinski definition) is 0. The van der Waals surface area contributed by atoms with Crippen molar-refractivity contribution in [2.75, 3.05) is 0 Å². The largest absolute Gasteiger partial charge is 0.300 e. The molecule has 0 bridgehead atoms. The Hall–Kier alpha value is -1.11. The van der Waals surface area contributed by atoms with Crippen LogP contribution in [0.25, 0.3) is 0 Å². The number of carbonyl (C=O) groups excluding carboxylic acids is 1. The fourth-order valence-electron chi connectivity index (χ4n) is 1.68. The molecular weight excluding hydrogens is 172 g/mol. The molecule has 0 fully saturated rings. The minimum Gasteiger partial charge on any atom is -0.300 e. The second kappa shape index (κ2) is 4.94. The van der Waals surface area contributed by atoms with Crippen LogP contribution in [0, 0.1) is 6.92 Å². The van der Waals surface area contributed by atoms with Crippen molar-refractivity contribution in [3.05, 3.63) is 35.4 Å². The van der Waals surface area contributed by atoms with Crippen LogP contribution in [0.5, 0.6) is 0 Å². The lowest BCUT2D eigenvalue weighted by molar-refractivity contribution is -0.117. The lowest BCUT2D eigenvalue weighted by Gasteiger charge is -2.13. The van der Waals surface area contributed by atoms with E-state index in [0.29, 0.717) is 12.3 Å². The zero-order chi connectivity index (χ0) is 10.6. The smallest absolute Gasteiger partial charge is 0.130 e. The van der Waals surface area contributed by atoms with Gasteiger partial charge in [-0.2, -0.15) is 0 Å². The van der Waals surface area contributed by atoms with Gasteiger partial charge in [-0.05, 0) is 31.7 Å². The SMILES string of the molecule is CC[C@H](CC(C)=O)c1ccc(C)cc1. The number of benzene rings is 1. The van der Waals surface area contributed by atoms with Crippen LogP contribution in [0.4, 0.5) is 0 Å². The van der Waals surface area contributed by atoms with Gasteiger partial charge < -0.3 is 4.79 Å². The fraction of sp³-hybridized carbons (Fsp3) is 0.462. The van der Waals surface area contributed by atoms with Gasteiger partial charge in [0, 0.05) is 6.42 Å². The summed E-state index contributed by atoms with van der Waals surface area (Å²) in [6, 6.07) is 8.48. The highest BCUT2D eigenvalue weighted by atomic mass is 16.1. The van der Waals surface area contributed by atoms with Crippen molar-refractivity contribution >= 4 is 5.78 Å². The van der Waals surface area contributed by atoms with Crippen LogP contribution in [0.1, 0.15) is 43.7 Å². The maximum Gasteiger partial charge on any atom is 0.130 e. The lowest BCUT2D eigenvalue weighted by Crippen LogP contribution is -2.03. The highest BCUT2D eigenvalue weighted by molar-refractivity contribution is 5.76. The third-order valence-electron chi connectivity index (χ3n) is 2.58. The maximum absolute atomic E-state index is 11.1. The van der Waals surface area contributed by atoms with Crippen LogP contribution in [-0.4, -0.2) is 5.78 Å². The molecule has 1 heteroatoms. The summed E-state index contributed by atoms with van der Waals surface area (Å²) in [5.41, 5.74) is 2.56. The van der Waals surface area contributed by atoms with E-state index in [-0.39, 0.29) is 5.78 Å². The molecule has 1 atom stereocenters. The first-order chi connectivity index (χ1) is 6.63. The molecule has 0 N–H and O–H groups in total. The number of carbonyl (C=O) groups is 1. The molecule has 1 aromatic rings. The van der Waals surface area contributed by atoms with E-state index in [1.54, 1.807) is 6.92 Å². The summed E-state index contributed by atoms with van der Waals surface area (Å²) in [5, 5.41) is 0. The molecule has 0 saturated carbocycles. The minimum absolute atomic E-state index is 0.275. The van der Waals surface area contributed by atoms with Crippen LogP contribution in [-0.2, 0) is 4.79 Å². The summed E-state index contributed by atoms with van der Waals surface area (Å²) in [4.78, 5) is 11.1. The molecule has 0 spiro atoms. The Labute approximate surface area is 86.1 Å². The maximum atomic E-state index is 11.1. The van der Waals surface area contributed by atoms with Crippen molar-refractivity contribution in [1.82, 2.24) is 0 Å². The number of hydrogen-bond acceptors (Lipinski definition) is 1. The third kappa shape index (κ3) is 2.99. The van der Waals surface area contributed by atoms with E-state index in [1.165, 1.54) is 11.1 Å². The molecule has 0 aromatic heterocycles. The Balaban J connectivity index is 2.78. The normalized spacial score (nSPS) is 12.5. The highest BCUT2D eigenvalue weighted by Gasteiger charge is 2.10. The molecule has 76 valence electrons. The Morgan fingerprint density at radius 3 is 2.29 bits per heavy atom. The molecule has 1 rings (SSSR count). The summed E-state index contributed by atoms with van der Waals surface area (Å²) < 4.78 is 0. The Bertz CT molecular complexity index is 298. The van der Waals surface area contributed by atoms with Gasteiger partial charge in [0.15, 0.2) is 0 Å². The predicted molar refractivity (Wildman–Crippen MR) is 59.5 cm³/mol. The zero-order valence-corrected chi connectivity index (χ0v) is 9.21. The molecule has 1 aromatic carbocycles. The quantitative estimate of drug-likeness (QED) is 0.710. The lowest BCUT2D eigenvalue weighted by atomic mass is 9.91. The molecule has 0 aliphatic rings. The van der Waals surface area contributed by atoms with E-state index in [9.17, 15) is 4.79 Å². The van der Waals surface area contributed by atoms with E-state index in [4.69, 9.17) is 0 Å². The summed E-state index contributed by atoms with van der Waals surface area (Å²) >= 11 is 0. The first-order valence-corrected chi connectivity index (χ1v) is 5.19. The average molecular weight is 190 g/mol. The minimum atomic E-state index is 0.275. The van der Waals surface area contributed by atoms with E-state index < -0.39 is 0 Å². The van der Waals surface area contributed by atoms with Crippen LogP contribution in [0.3, 0.4) is 0 Å². The summed E-state index contributed by atoms with van der Waals surface area (Å²) in [5.74, 6) is 0.672. The first-order valence-electron chi connectivity index (χ1n) is 5.19. The van der Waals surface area contributed by atoms with Gasteiger partial charge >= 0.3 is 0 Å². The van der Waals surface area contributed by atoms with Gasteiger partial charge in [-0.25, -0.2) is 0 Å². The topological polar surface area (TPSA) is 17.1 Å². The van der Waals surface area contributed by atoms with E-state index in [0.717, 1.165) is 6.42 Å². The molecule has 0 saturated heterocycles. The van der Waals surface area contributed by atoms with Crippen molar-refractivity contribution in [2.24, 2.45) is 0 Å². The molecule has 0 radical (unpaired) electrons. The van der Waals surface area contributed by atoms with Crippen molar-refractivity contribution < 1.29 is 4.79 Å². The molecule has 0 heterocycles. The van der Waals surface area contributed by atoms with Gasteiger partial charge in [0.25, 0.3) is 0 Å². The average Bonchev–Trinajstić information content (AvgIpc) is 2.15. The monoisotopic (exact) mass is 190 g/mol. The van der Waals surface area contributed by atoms with Gasteiger partial charge in [0.05, 0.1) is 0 Å². The molecule has 1 nitrogen and oxygen atoms in total. The first kappa shape index (κ1) is 11.0. The molecule has 14 heavy (non-hydrogen) atoms. The van der Waals surface area contributed by atoms with Gasteiger partial charge in [0.1, 0.15) is 5.78 Å². The molecule has 0 unspecified atom stereocenters. The second-order valence-electron chi connectivity index (χ2n) is 3.92. The zero-order valence-electron chi connectivity index (χ0n) is 9.21. The summed E-state index contributed by atoms with van der Waals surface area (Å²) in [7, 11) is 0. The number of ketones is 1.